The van der Waals surface area contributed by atoms with Gasteiger partial charge in [-0.25, -0.2) is 5.43 Å². The first-order chi connectivity index (χ1) is 16.9. The molecule has 1 aromatic heterocycles. The van der Waals surface area contributed by atoms with Crippen LogP contribution >= 0.6 is 11.3 Å². The summed E-state index contributed by atoms with van der Waals surface area (Å²) < 4.78 is 10.2. The van der Waals surface area contributed by atoms with Crippen LogP contribution < -0.4 is 14.9 Å². The van der Waals surface area contributed by atoms with Crippen molar-refractivity contribution in [1.29, 1.82) is 0 Å². The third-order valence-corrected chi connectivity index (χ3v) is 5.61. The molecule has 180 valence electrons. The molecule has 0 aliphatic heterocycles. The molecule has 2 aromatic carbocycles. The van der Waals surface area contributed by atoms with Crippen LogP contribution in [0.4, 0.5) is 0 Å². The number of carbonyl (C=O) groups is 2. The lowest BCUT2D eigenvalue weighted by molar-refractivity contribution is -0.113. The number of phenolic OH excluding ortho intramolecular Hbond substituents is 2. The van der Waals surface area contributed by atoms with Crippen molar-refractivity contribution in [3.63, 3.8) is 0 Å². The van der Waals surface area contributed by atoms with Crippen molar-refractivity contribution in [2.75, 3.05) is 14.2 Å². The Morgan fingerprint density at radius 2 is 1.54 bits per heavy atom. The number of ether oxygens (including phenoxy) is 2. The van der Waals surface area contributed by atoms with Gasteiger partial charge in [-0.05, 0) is 59.0 Å². The Morgan fingerprint density at radius 1 is 0.943 bits per heavy atom. The molecule has 8 nitrogen and oxygen atoms in total. The fourth-order valence-electron chi connectivity index (χ4n) is 2.94. The molecule has 3 aromatic rings. The first kappa shape index (κ1) is 25.3. The van der Waals surface area contributed by atoms with Crippen molar-refractivity contribution in [1.82, 2.24) is 5.43 Å². The molecule has 9 heteroatoms. The van der Waals surface area contributed by atoms with Gasteiger partial charge in [0.05, 0.1) is 31.2 Å². The Balaban J connectivity index is 1.78. The largest absolute Gasteiger partial charge is 0.504 e. The summed E-state index contributed by atoms with van der Waals surface area (Å²) >= 11 is 1.28. The van der Waals surface area contributed by atoms with Gasteiger partial charge in [-0.1, -0.05) is 30.4 Å². The zero-order chi connectivity index (χ0) is 25.2. The highest BCUT2D eigenvalue weighted by atomic mass is 32.1. The molecular formula is C26H24N2O6S. The van der Waals surface area contributed by atoms with Gasteiger partial charge in [0.15, 0.2) is 28.8 Å². The third kappa shape index (κ3) is 7.31. The molecule has 0 radical (unpaired) electrons. The first-order valence-corrected chi connectivity index (χ1v) is 11.3. The number of thiophene rings is 1. The standard InChI is InChI=1S/C26H24N2O6S/c1-33-23-14-17(7-11-21(23)30)5-9-19(27-28-26(32)25-4-3-13-35-25)16-20(29)10-6-18-8-12-22(31)24(15-18)34-2/h3-15,30-31H,16H2,1-2H3,(H,28,32)/b9-5+,10-6+,27-19+. The molecule has 0 fully saturated rings. The highest BCUT2D eigenvalue weighted by Crippen LogP contribution is 2.27. The van der Waals surface area contributed by atoms with Crippen LogP contribution in [0.3, 0.4) is 0 Å². The fourth-order valence-corrected chi connectivity index (χ4v) is 3.55. The van der Waals surface area contributed by atoms with Crippen LogP contribution in [-0.4, -0.2) is 41.8 Å². The molecule has 0 aliphatic carbocycles. The summed E-state index contributed by atoms with van der Waals surface area (Å²) in [6.07, 6.45) is 6.21. The van der Waals surface area contributed by atoms with E-state index in [2.05, 4.69) is 10.5 Å². The van der Waals surface area contributed by atoms with Gasteiger partial charge in [0.25, 0.3) is 5.91 Å². The number of benzene rings is 2. The van der Waals surface area contributed by atoms with E-state index < -0.39 is 0 Å². The van der Waals surface area contributed by atoms with Gasteiger partial charge in [-0.3, -0.25) is 9.59 Å². The van der Waals surface area contributed by atoms with Crippen LogP contribution in [-0.2, 0) is 4.79 Å². The highest BCUT2D eigenvalue weighted by Gasteiger charge is 2.08. The molecule has 3 N–H and O–H groups in total. The maximum absolute atomic E-state index is 12.6. The minimum Gasteiger partial charge on any atom is -0.504 e. The number of allylic oxidation sites excluding steroid dienone is 2. The zero-order valence-corrected chi connectivity index (χ0v) is 19.9. The van der Waals surface area contributed by atoms with E-state index in [0.29, 0.717) is 33.2 Å². The molecule has 0 unspecified atom stereocenters. The van der Waals surface area contributed by atoms with Gasteiger partial charge in [-0.15, -0.1) is 11.3 Å². The van der Waals surface area contributed by atoms with Crippen LogP contribution in [0.5, 0.6) is 23.0 Å². The van der Waals surface area contributed by atoms with Crippen molar-refractivity contribution in [2.24, 2.45) is 5.10 Å². The second-order valence-electron chi connectivity index (χ2n) is 7.19. The molecule has 0 aliphatic rings. The lowest BCUT2D eigenvalue weighted by atomic mass is 10.1. The maximum atomic E-state index is 12.6. The minimum atomic E-state index is -0.378. The summed E-state index contributed by atoms with van der Waals surface area (Å²) in [5, 5.41) is 25.4. The van der Waals surface area contributed by atoms with Gasteiger partial charge in [0.1, 0.15) is 0 Å². The SMILES string of the molecule is COc1cc(/C=C/C(=O)CC(/C=C/c2ccc(O)c(OC)c2)=N/NC(=O)c2cccs2)ccc1O. The van der Waals surface area contributed by atoms with Gasteiger partial charge >= 0.3 is 0 Å². The van der Waals surface area contributed by atoms with E-state index in [1.165, 1.54) is 43.8 Å². The summed E-state index contributed by atoms with van der Waals surface area (Å²) in [6, 6.07) is 13.0. The molecule has 1 amide bonds. The van der Waals surface area contributed by atoms with E-state index in [-0.39, 0.29) is 29.6 Å². The number of rotatable bonds is 10. The Morgan fingerprint density at radius 3 is 2.09 bits per heavy atom. The molecule has 0 saturated heterocycles. The molecular weight excluding hydrogens is 468 g/mol. The van der Waals surface area contributed by atoms with Crippen molar-refractivity contribution in [3.8, 4) is 23.0 Å². The number of aromatic hydroxyl groups is 2. The molecule has 0 atom stereocenters. The van der Waals surface area contributed by atoms with Crippen LogP contribution in [0, 0.1) is 0 Å². The fraction of sp³-hybridized carbons (Fsp3) is 0.115. The Kier molecular flexibility index (Phi) is 8.80. The van der Waals surface area contributed by atoms with Crippen molar-refractivity contribution in [3.05, 3.63) is 82.1 Å². The van der Waals surface area contributed by atoms with Crippen molar-refractivity contribution in [2.45, 2.75) is 6.42 Å². The second kappa shape index (κ2) is 12.2. The summed E-state index contributed by atoms with van der Waals surface area (Å²) in [4.78, 5) is 25.4. The number of ketones is 1. The average Bonchev–Trinajstić information content (AvgIpc) is 3.41. The van der Waals surface area contributed by atoms with E-state index in [9.17, 15) is 19.8 Å². The Hall–Kier alpha value is -4.37. The van der Waals surface area contributed by atoms with Crippen LogP contribution in [0.2, 0.25) is 0 Å². The number of methoxy groups -OCH3 is 2. The van der Waals surface area contributed by atoms with Gasteiger partial charge in [0, 0.05) is 0 Å². The van der Waals surface area contributed by atoms with Crippen molar-refractivity contribution >= 4 is 40.9 Å². The van der Waals surface area contributed by atoms with Crippen LogP contribution in [0.25, 0.3) is 12.2 Å². The van der Waals surface area contributed by atoms with Gasteiger partial charge < -0.3 is 19.7 Å². The number of phenols is 2. The number of hydrogen-bond acceptors (Lipinski definition) is 8. The molecule has 0 spiro atoms. The number of carbonyl (C=O) groups excluding carboxylic acids is 2. The lowest BCUT2D eigenvalue weighted by Gasteiger charge is -2.05. The molecule has 0 saturated carbocycles. The molecule has 35 heavy (non-hydrogen) atoms. The highest BCUT2D eigenvalue weighted by molar-refractivity contribution is 7.12. The topological polar surface area (TPSA) is 117 Å². The second-order valence-corrected chi connectivity index (χ2v) is 8.14. The van der Waals surface area contributed by atoms with Crippen LogP contribution in [0.15, 0.2) is 71.2 Å². The normalized spacial score (nSPS) is 11.7. The smallest absolute Gasteiger partial charge is 0.281 e. The summed E-state index contributed by atoms with van der Waals surface area (Å²) in [6.45, 7) is 0. The number of hydrogen-bond donors (Lipinski definition) is 3. The van der Waals surface area contributed by atoms with E-state index in [1.54, 1.807) is 60.0 Å². The zero-order valence-electron chi connectivity index (χ0n) is 19.1. The predicted octanol–water partition coefficient (Wildman–Crippen LogP) is 4.65. The quantitative estimate of drug-likeness (QED) is 0.215. The monoisotopic (exact) mass is 492 g/mol. The summed E-state index contributed by atoms with van der Waals surface area (Å²) in [7, 11) is 2.89. The molecule has 0 bridgehead atoms. The molecule has 3 rings (SSSR count). The van der Waals surface area contributed by atoms with E-state index in [1.807, 2.05) is 0 Å². The first-order valence-electron chi connectivity index (χ1n) is 10.4. The lowest BCUT2D eigenvalue weighted by Crippen LogP contribution is -2.19. The summed E-state index contributed by atoms with van der Waals surface area (Å²) in [5.41, 5.74) is 4.17. The predicted molar refractivity (Wildman–Crippen MR) is 136 cm³/mol. The third-order valence-electron chi connectivity index (χ3n) is 4.74. The number of nitrogens with zero attached hydrogens (tertiary/aromatic N) is 1. The van der Waals surface area contributed by atoms with Gasteiger partial charge in [0.2, 0.25) is 0 Å². The van der Waals surface area contributed by atoms with E-state index in [0.717, 1.165) is 0 Å². The number of amides is 1. The number of nitrogens with one attached hydrogen (secondary N) is 1. The number of hydrazone groups is 1. The maximum Gasteiger partial charge on any atom is 0.281 e. The Labute approximate surface area is 206 Å². The summed E-state index contributed by atoms with van der Waals surface area (Å²) in [5.74, 6) is -0.0216. The van der Waals surface area contributed by atoms with E-state index >= 15 is 0 Å². The average molecular weight is 493 g/mol. The van der Waals surface area contributed by atoms with E-state index in [4.69, 9.17) is 9.47 Å². The van der Waals surface area contributed by atoms with Gasteiger partial charge in [-0.2, -0.15) is 5.10 Å². The Bertz CT molecular complexity index is 1280. The van der Waals surface area contributed by atoms with Crippen LogP contribution in [0.1, 0.15) is 27.2 Å². The molecule has 1 heterocycles. The minimum absolute atomic E-state index is 0.00266. The van der Waals surface area contributed by atoms with Crippen molar-refractivity contribution < 1.29 is 29.3 Å².